The second-order valence-electron chi connectivity index (χ2n) is 5.36. The molecule has 2 rings (SSSR count). The van der Waals surface area contributed by atoms with Crippen molar-refractivity contribution in [3.63, 3.8) is 0 Å². The molecule has 1 amide bonds. The topological polar surface area (TPSA) is 64.6 Å². The van der Waals surface area contributed by atoms with Crippen LogP contribution in [0.2, 0.25) is 0 Å². The molecule has 24 heavy (non-hydrogen) atoms. The van der Waals surface area contributed by atoms with Gasteiger partial charge in [0.1, 0.15) is 11.5 Å². The van der Waals surface area contributed by atoms with Gasteiger partial charge in [-0.25, -0.2) is 0 Å². The summed E-state index contributed by atoms with van der Waals surface area (Å²) in [6.45, 7) is 1.50. The highest BCUT2D eigenvalue weighted by Gasteiger charge is 2.09. The molecule has 0 aliphatic rings. The lowest BCUT2D eigenvalue weighted by atomic mass is 10.1. The van der Waals surface area contributed by atoms with Crippen LogP contribution in [0, 0.1) is 0 Å². The Hall–Kier alpha value is -2.82. The van der Waals surface area contributed by atoms with Crippen molar-refractivity contribution in [3.05, 3.63) is 53.6 Å². The van der Waals surface area contributed by atoms with E-state index in [9.17, 15) is 9.59 Å². The smallest absolute Gasteiger partial charge is 0.224 e. The number of carbonyl (C=O) groups is 2. The molecule has 2 aromatic rings. The van der Waals surface area contributed by atoms with Crippen molar-refractivity contribution in [2.24, 2.45) is 0 Å². The van der Waals surface area contributed by atoms with Crippen molar-refractivity contribution < 1.29 is 19.1 Å². The second kappa shape index (κ2) is 8.15. The fraction of sp³-hybridized carbons (Fsp3) is 0.263. The minimum atomic E-state index is -0.124. The number of Topliss-reactive ketones (excluding diaryl/α,β-unsaturated/α-hetero) is 1. The summed E-state index contributed by atoms with van der Waals surface area (Å²) < 4.78 is 10.5. The van der Waals surface area contributed by atoms with Crippen LogP contribution in [0.4, 0.5) is 5.69 Å². The molecular formula is C19H21NO4. The average molecular weight is 327 g/mol. The Balaban J connectivity index is 2.01. The van der Waals surface area contributed by atoms with E-state index in [-0.39, 0.29) is 11.7 Å². The lowest BCUT2D eigenvalue weighted by molar-refractivity contribution is -0.116. The van der Waals surface area contributed by atoms with Crippen LogP contribution >= 0.6 is 0 Å². The van der Waals surface area contributed by atoms with Crippen LogP contribution in [0.5, 0.6) is 11.5 Å². The van der Waals surface area contributed by atoms with Crippen molar-refractivity contribution in [3.8, 4) is 11.5 Å². The molecule has 0 atom stereocenters. The van der Waals surface area contributed by atoms with Crippen LogP contribution in [0.25, 0.3) is 0 Å². The first-order valence-electron chi connectivity index (χ1n) is 7.65. The lowest BCUT2D eigenvalue weighted by Gasteiger charge is -2.11. The number of ether oxygens (including phenoxy) is 2. The quantitative estimate of drug-likeness (QED) is 0.791. The zero-order valence-electron chi connectivity index (χ0n) is 14.1. The van der Waals surface area contributed by atoms with Crippen LogP contribution in [0.3, 0.4) is 0 Å². The maximum absolute atomic E-state index is 12.2. The summed E-state index contributed by atoms with van der Waals surface area (Å²) in [6.07, 6.45) is 0.826. The van der Waals surface area contributed by atoms with Gasteiger partial charge < -0.3 is 14.8 Å². The molecular weight excluding hydrogens is 306 g/mol. The Morgan fingerprint density at radius 2 is 1.83 bits per heavy atom. The van der Waals surface area contributed by atoms with Gasteiger partial charge in [-0.05, 0) is 49.2 Å². The highest BCUT2D eigenvalue weighted by Crippen LogP contribution is 2.25. The first kappa shape index (κ1) is 17.5. The third-order valence-electron chi connectivity index (χ3n) is 3.66. The van der Waals surface area contributed by atoms with Gasteiger partial charge in [0.05, 0.1) is 14.2 Å². The monoisotopic (exact) mass is 327 g/mol. The lowest BCUT2D eigenvalue weighted by Crippen LogP contribution is -2.13. The summed E-state index contributed by atoms with van der Waals surface area (Å²) in [5, 5.41) is 2.81. The summed E-state index contributed by atoms with van der Waals surface area (Å²) in [7, 11) is 3.19. The van der Waals surface area contributed by atoms with E-state index in [0.717, 1.165) is 17.1 Å². The summed E-state index contributed by atoms with van der Waals surface area (Å²) in [5.74, 6) is 1.29. The third-order valence-corrected chi connectivity index (χ3v) is 3.66. The molecule has 5 nitrogen and oxygen atoms in total. The molecule has 0 saturated carbocycles. The maximum atomic E-state index is 12.2. The van der Waals surface area contributed by atoms with Crippen LogP contribution in [-0.4, -0.2) is 25.9 Å². The van der Waals surface area contributed by atoms with E-state index < -0.39 is 0 Å². The van der Waals surface area contributed by atoms with E-state index in [0.29, 0.717) is 24.1 Å². The first-order valence-corrected chi connectivity index (χ1v) is 7.65. The normalized spacial score (nSPS) is 10.1. The fourth-order valence-corrected chi connectivity index (χ4v) is 2.36. The largest absolute Gasteiger partial charge is 0.497 e. The van der Waals surface area contributed by atoms with Gasteiger partial charge in [-0.2, -0.15) is 0 Å². The predicted molar refractivity (Wildman–Crippen MR) is 92.9 cm³/mol. The van der Waals surface area contributed by atoms with E-state index in [4.69, 9.17) is 9.47 Å². The van der Waals surface area contributed by atoms with E-state index in [1.807, 2.05) is 18.2 Å². The SMILES string of the molecule is COc1ccc(OC)c(CCC(=O)Nc2cccc(C(C)=O)c2)c1. The van der Waals surface area contributed by atoms with Gasteiger partial charge in [-0.3, -0.25) is 9.59 Å². The van der Waals surface area contributed by atoms with E-state index in [1.54, 1.807) is 38.5 Å². The average Bonchev–Trinajstić information content (AvgIpc) is 2.59. The molecule has 0 heterocycles. The van der Waals surface area contributed by atoms with Crippen molar-refractivity contribution in [1.29, 1.82) is 0 Å². The number of ketones is 1. The molecule has 0 saturated heterocycles. The van der Waals surface area contributed by atoms with Crippen molar-refractivity contribution in [1.82, 2.24) is 0 Å². The Morgan fingerprint density at radius 3 is 2.50 bits per heavy atom. The van der Waals surface area contributed by atoms with Crippen molar-refractivity contribution in [2.75, 3.05) is 19.5 Å². The third kappa shape index (κ3) is 4.59. The van der Waals surface area contributed by atoms with Crippen LogP contribution < -0.4 is 14.8 Å². The zero-order valence-corrected chi connectivity index (χ0v) is 14.1. The van der Waals surface area contributed by atoms with Gasteiger partial charge in [-0.1, -0.05) is 12.1 Å². The maximum Gasteiger partial charge on any atom is 0.224 e. The number of hydrogen-bond donors (Lipinski definition) is 1. The van der Waals surface area contributed by atoms with E-state index >= 15 is 0 Å². The van der Waals surface area contributed by atoms with Crippen LogP contribution in [0.15, 0.2) is 42.5 Å². The number of rotatable bonds is 7. The van der Waals surface area contributed by atoms with Gasteiger partial charge in [0.25, 0.3) is 0 Å². The molecule has 0 aliphatic carbocycles. The molecule has 1 N–H and O–H groups in total. The van der Waals surface area contributed by atoms with Crippen molar-refractivity contribution >= 4 is 17.4 Å². The van der Waals surface area contributed by atoms with Crippen LogP contribution in [-0.2, 0) is 11.2 Å². The van der Waals surface area contributed by atoms with Gasteiger partial charge in [-0.15, -0.1) is 0 Å². The summed E-state index contributed by atoms with van der Waals surface area (Å²) >= 11 is 0. The number of carbonyl (C=O) groups excluding carboxylic acids is 2. The molecule has 0 unspecified atom stereocenters. The fourth-order valence-electron chi connectivity index (χ4n) is 2.36. The van der Waals surface area contributed by atoms with Gasteiger partial charge in [0.2, 0.25) is 5.91 Å². The molecule has 0 aliphatic heterocycles. The Kier molecular flexibility index (Phi) is 5.95. The molecule has 0 aromatic heterocycles. The molecule has 0 fully saturated rings. The highest BCUT2D eigenvalue weighted by molar-refractivity contribution is 5.97. The minimum Gasteiger partial charge on any atom is -0.497 e. The Labute approximate surface area is 141 Å². The van der Waals surface area contributed by atoms with Crippen LogP contribution in [0.1, 0.15) is 29.3 Å². The first-order chi connectivity index (χ1) is 11.5. The number of amides is 1. The molecule has 0 bridgehead atoms. The summed E-state index contributed by atoms with van der Waals surface area (Å²) in [6, 6.07) is 12.4. The number of benzene rings is 2. The number of hydrogen-bond acceptors (Lipinski definition) is 4. The predicted octanol–water partition coefficient (Wildman–Crippen LogP) is 3.48. The molecule has 126 valence electrons. The van der Waals surface area contributed by atoms with Gasteiger partial charge >= 0.3 is 0 Å². The molecule has 2 aromatic carbocycles. The Morgan fingerprint density at radius 1 is 1.04 bits per heavy atom. The van der Waals surface area contributed by atoms with E-state index in [2.05, 4.69) is 5.32 Å². The molecule has 0 radical (unpaired) electrons. The number of aryl methyl sites for hydroxylation is 1. The van der Waals surface area contributed by atoms with Gasteiger partial charge in [0.15, 0.2) is 5.78 Å². The minimum absolute atomic E-state index is 0.0350. The number of nitrogens with one attached hydrogen (secondary N) is 1. The van der Waals surface area contributed by atoms with Gasteiger partial charge in [0, 0.05) is 17.7 Å². The molecule has 5 heteroatoms. The second-order valence-corrected chi connectivity index (χ2v) is 5.36. The number of anilines is 1. The number of methoxy groups -OCH3 is 2. The Bertz CT molecular complexity index is 740. The summed E-state index contributed by atoms with van der Waals surface area (Å²) in [4.78, 5) is 23.5. The van der Waals surface area contributed by atoms with Crippen molar-refractivity contribution in [2.45, 2.75) is 19.8 Å². The zero-order chi connectivity index (χ0) is 17.5. The highest BCUT2D eigenvalue weighted by atomic mass is 16.5. The summed E-state index contributed by atoms with van der Waals surface area (Å²) in [5.41, 5.74) is 2.09. The standard InChI is InChI=1S/C19H21NO4/c1-13(21)14-5-4-6-16(11-14)20-19(22)10-7-15-12-17(23-2)8-9-18(15)24-3/h4-6,8-9,11-12H,7,10H2,1-3H3,(H,20,22). The van der Waals surface area contributed by atoms with E-state index in [1.165, 1.54) is 6.92 Å². The molecule has 0 spiro atoms.